The van der Waals surface area contributed by atoms with Crippen molar-refractivity contribution in [1.82, 2.24) is 4.90 Å². The summed E-state index contributed by atoms with van der Waals surface area (Å²) >= 11 is 0. The van der Waals surface area contributed by atoms with Gasteiger partial charge in [0.25, 0.3) is 5.91 Å². The molecule has 1 amide bonds. The number of hydrogen-bond donors (Lipinski definition) is 0. The predicted molar refractivity (Wildman–Crippen MR) is 96.8 cm³/mol. The Morgan fingerprint density at radius 3 is 2.07 bits per heavy atom. The maximum Gasteiger partial charge on any atom is 0.497 e. The van der Waals surface area contributed by atoms with E-state index in [-0.39, 0.29) is 31.4 Å². The lowest BCUT2D eigenvalue weighted by molar-refractivity contribution is -0.183. The Morgan fingerprint density at radius 1 is 1.07 bits per heavy atom. The highest BCUT2D eigenvalue weighted by Crippen LogP contribution is 2.37. The maximum absolute atomic E-state index is 15.1. The largest absolute Gasteiger partial charge is 0.497 e. The molecule has 2 saturated heterocycles. The molecule has 0 unspecified atom stereocenters. The number of likely N-dealkylation sites (tertiary alicyclic amines) is 1. The van der Waals surface area contributed by atoms with Crippen molar-refractivity contribution in [3.8, 4) is 0 Å². The van der Waals surface area contributed by atoms with E-state index in [1.807, 2.05) is 0 Å². The number of carbonyl (C=O) groups excluding carboxylic acids is 1. The summed E-state index contributed by atoms with van der Waals surface area (Å²) in [5.74, 6) is -4.69. The molecule has 0 atom stereocenters. The molecule has 0 aliphatic carbocycles. The quantitative estimate of drug-likeness (QED) is 0.543. The Kier molecular flexibility index (Phi) is 5.49. The molecule has 160 valence electrons. The van der Waals surface area contributed by atoms with E-state index in [9.17, 15) is 22.4 Å². The second-order valence-electron chi connectivity index (χ2n) is 8.52. The van der Waals surface area contributed by atoms with E-state index in [2.05, 4.69) is 0 Å². The first-order valence-electron chi connectivity index (χ1n) is 9.44. The highest BCUT2D eigenvalue weighted by Gasteiger charge is 2.53. The number of benzene rings is 1. The highest BCUT2D eigenvalue weighted by atomic mass is 19.4. The number of piperidine rings is 1. The van der Waals surface area contributed by atoms with E-state index >= 15 is 4.39 Å². The number of rotatable bonds is 2. The number of carbonyl (C=O) groups is 1. The van der Waals surface area contributed by atoms with Gasteiger partial charge in [-0.2, -0.15) is 13.2 Å². The summed E-state index contributed by atoms with van der Waals surface area (Å²) in [6, 6.07) is 2.10. The molecule has 4 nitrogen and oxygen atoms in total. The van der Waals surface area contributed by atoms with Gasteiger partial charge in [0.1, 0.15) is 17.2 Å². The van der Waals surface area contributed by atoms with E-state index in [0.717, 1.165) is 17.0 Å². The monoisotopic (exact) mass is 419 g/mol. The third-order valence-corrected chi connectivity index (χ3v) is 6.09. The fraction of sp³-hybridized carbons (Fsp3) is 0.632. The molecule has 29 heavy (non-hydrogen) atoms. The molecule has 0 saturated carbocycles. The normalized spacial score (nSPS) is 22.2. The zero-order valence-electron chi connectivity index (χ0n) is 16.7. The Labute approximate surface area is 166 Å². The molecule has 10 heteroatoms. The minimum absolute atomic E-state index is 0.126. The lowest BCUT2D eigenvalue weighted by atomic mass is 9.77. The minimum Gasteiger partial charge on any atom is -0.399 e. The van der Waals surface area contributed by atoms with Crippen LogP contribution in [0.1, 0.15) is 50.9 Å². The molecule has 0 spiro atoms. The smallest absolute Gasteiger partial charge is 0.399 e. The van der Waals surface area contributed by atoms with Crippen LogP contribution < -0.4 is 5.46 Å². The van der Waals surface area contributed by atoms with Gasteiger partial charge in [-0.1, -0.05) is 6.07 Å². The molecule has 2 aliphatic rings. The van der Waals surface area contributed by atoms with Gasteiger partial charge in [0, 0.05) is 18.6 Å². The summed E-state index contributed by atoms with van der Waals surface area (Å²) in [5.41, 5.74) is -2.45. The molecule has 0 aromatic heterocycles. The van der Waals surface area contributed by atoms with Crippen molar-refractivity contribution in [2.75, 3.05) is 13.1 Å². The van der Waals surface area contributed by atoms with Crippen LogP contribution in [0.25, 0.3) is 0 Å². The summed E-state index contributed by atoms with van der Waals surface area (Å²) in [7, 11) is -1.14. The van der Waals surface area contributed by atoms with Gasteiger partial charge in [0.15, 0.2) is 0 Å². The molecule has 0 N–H and O–H groups in total. The molecule has 2 aliphatic heterocycles. The Morgan fingerprint density at radius 2 is 1.59 bits per heavy atom. The lowest BCUT2D eigenvalue weighted by Gasteiger charge is -2.33. The molecular formula is C19H23BF5NO3. The van der Waals surface area contributed by atoms with Crippen molar-refractivity contribution in [2.24, 2.45) is 5.92 Å². The molecule has 2 heterocycles. The van der Waals surface area contributed by atoms with Crippen molar-refractivity contribution in [3.05, 3.63) is 29.3 Å². The summed E-state index contributed by atoms with van der Waals surface area (Å²) in [6.45, 7) is 6.64. The molecule has 1 aromatic carbocycles. The van der Waals surface area contributed by atoms with Crippen LogP contribution >= 0.6 is 0 Å². The molecule has 2 fully saturated rings. The highest BCUT2D eigenvalue weighted by molar-refractivity contribution is 6.62. The van der Waals surface area contributed by atoms with Crippen LogP contribution in [0.15, 0.2) is 12.1 Å². The number of alkyl halides is 3. The van der Waals surface area contributed by atoms with E-state index in [0.29, 0.717) is 0 Å². The van der Waals surface area contributed by atoms with Crippen LogP contribution in [0, 0.1) is 17.6 Å². The van der Waals surface area contributed by atoms with Gasteiger partial charge in [-0.3, -0.25) is 4.79 Å². The van der Waals surface area contributed by atoms with Gasteiger partial charge in [-0.25, -0.2) is 8.78 Å². The van der Waals surface area contributed by atoms with Crippen molar-refractivity contribution >= 4 is 18.5 Å². The van der Waals surface area contributed by atoms with Crippen LogP contribution in [0.5, 0.6) is 0 Å². The van der Waals surface area contributed by atoms with Crippen LogP contribution in [0.3, 0.4) is 0 Å². The average molecular weight is 419 g/mol. The van der Waals surface area contributed by atoms with E-state index < -0.39 is 53.5 Å². The molecule has 1 aromatic rings. The van der Waals surface area contributed by atoms with Gasteiger partial charge in [-0.05, 0) is 46.6 Å². The summed E-state index contributed by atoms with van der Waals surface area (Å²) in [5, 5.41) is 0. The fourth-order valence-corrected chi connectivity index (χ4v) is 3.48. The Bertz CT molecular complexity index is 788. The molecule has 0 bridgehead atoms. The summed E-state index contributed by atoms with van der Waals surface area (Å²) < 4.78 is 79.5. The van der Waals surface area contributed by atoms with Gasteiger partial charge in [0.2, 0.25) is 0 Å². The van der Waals surface area contributed by atoms with Gasteiger partial charge in [-0.15, -0.1) is 0 Å². The SMILES string of the molecule is CC1(C)OB(c2ccc(F)c(C(=O)N3CCC(C(F)(F)F)CC3)c2F)OC1(C)C. The molecular weight excluding hydrogens is 396 g/mol. The van der Waals surface area contributed by atoms with Gasteiger partial charge >= 0.3 is 13.3 Å². The average Bonchev–Trinajstić information content (AvgIpc) is 2.81. The molecule has 3 rings (SSSR count). The second kappa shape index (κ2) is 7.23. The summed E-state index contributed by atoms with van der Waals surface area (Å²) in [6.07, 6.45) is -4.94. The first-order chi connectivity index (χ1) is 13.2. The second-order valence-corrected chi connectivity index (χ2v) is 8.52. The maximum atomic E-state index is 15.1. The van der Waals surface area contributed by atoms with Crippen LogP contribution in [0.2, 0.25) is 0 Å². The zero-order chi connectivity index (χ0) is 21.8. The Hall–Kier alpha value is -1.68. The number of hydrogen-bond acceptors (Lipinski definition) is 3. The van der Waals surface area contributed by atoms with E-state index in [4.69, 9.17) is 9.31 Å². The van der Waals surface area contributed by atoms with Crippen LogP contribution in [0.4, 0.5) is 22.0 Å². The molecule has 0 radical (unpaired) electrons. The number of nitrogens with zero attached hydrogens (tertiary/aromatic N) is 1. The van der Waals surface area contributed by atoms with Crippen LogP contribution in [-0.2, 0) is 9.31 Å². The van der Waals surface area contributed by atoms with E-state index in [1.54, 1.807) is 27.7 Å². The first kappa shape index (κ1) is 22.0. The summed E-state index contributed by atoms with van der Waals surface area (Å²) in [4.78, 5) is 13.8. The van der Waals surface area contributed by atoms with Crippen molar-refractivity contribution in [3.63, 3.8) is 0 Å². The van der Waals surface area contributed by atoms with Crippen molar-refractivity contribution < 1.29 is 36.1 Å². The van der Waals surface area contributed by atoms with E-state index in [1.165, 1.54) is 0 Å². The number of halogens is 5. The van der Waals surface area contributed by atoms with Gasteiger partial charge < -0.3 is 14.2 Å². The van der Waals surface area contributed by atoms with Gasteiger partial charge in [0.05, 0.1) is 17.1 Å². The lowest BCUT2D eigenvalue weighted by Crippen LogP contribution is -2.44. The topological polar surface area (TPSA) is 38.8 Å². The standard InChI is InChI=1S/C19H23BF5NO3/c1-17(2)18(3,4)29-20(28-17)12-5-6-13(21)14(15(12)22)16(27)26-9-7-11(8-10-26)19(23,24)25/h5-6,11H,7-10H2,1-4H3. The third-order valence-electron chi connectivity index (χ3n) is 6.09. The third kappa shape index (κ3) is 4.01. The predicted octanol–water partition coefficient (Wildman–Crippen LogP) is 3.68. The fourth-order valence-electron chi connectivity index (χ4n) is 3.48. The zero-order valence-corrected chi connectivity index (χ0v) is 16.7. The number of amides is 1. The van der Waals surface area contributed by atoms with Crippen molar-refractivity contribution in [2.45, 2.75) is 57.9 Å². The van der Waals surface area contributed by atoms with Crippen LogP contribution in [-0.4, -0.2) is 48.4 Å². The minimum atomic E-state index is -4.34. The Balaban J connectivity index is 1.84. The first-order valence-corrected chi connectivity index (χ1v) is 9.44. The van der Waals surface area contributed by atoms with Crippen molar-refractivity contribution in [1.29, 1.82) is 0 Å².